The molecule has 0 aliphatic rings. The number of rotatable bonds is 5. The summed E-state index contributed by atoms with van der Waals surface area (Å²) in [6, 6.07) is 6.04. The highest BCUT2D eigenvalue weighted by molar-refractivity contribution is 6.07. The van der Waals surface area contributed by atoms with Crippen LogP contribution in [0.15, 0.2) is 24.3 Å². The Morgan fingerprint density at radius 2 is 1.83 bits per heavy atom. The molecule has 0 unspecified atom stereocenters. The molecular formula is C12H14F2N2O2. The quantitative estimate of drug-likeness (QED) is 0.778. The van der Waals surface area contributed by atoms with E-state index in [2.05, 4.69) is 5.32 Å². The second-order valence-electron chi connectivity index (χ2n) is 3.84. The molecule has 6 heteroatoms. The Hall–Kier alpha value is -1.82. The van der Waals surface area contributed by atoms with Crippen molar-refractivity contribution in [2.24, 2.45) is 5.73 Å². The van der Waals surface area contributed by atoms with Crippen molar-refractivity contribution in [3.05, 3.63) is 35.4 Å². The van der Waals surface area contributed by atoms with Crippen LogP contribution in [0, 0.1) is 0 Å². The van der Waals surface area contributed by atoms with Gasteiger partial charge in [0, 0.05) is 5.56 Å². The second kappa shape index (κ2) is 5.68. The molecule has 0 fully saturated rings. The van der Waals surface area contributed by atoms with Crippen molar-refractivity contribution in [1.29, 1.82) is 0 Å². The van der Waals surface area contributed by atoms with Crippen molar-refractivity contribution in [3.63, 3.8) is 0 Å². The summed E-state index contributed by atoms with van der Waals surface area (Å²) in [5, 5.41) is 2.06. The number of nitrogens with two attached hydrogens (primary N) is 1. The molecule has 1 rings (SSSR count). The molecule has 98 valence electrons. The molecule has 4 nitrogen and oxygen atoms in total. The third-order valence-electron chi connectivity index (χ3n) is 2.36. The zero-order valence-electron chi connectivity index (χ0n) is 9.87. The van der Waals surface area contributed by atoms with E-state index in [1.165, 1.54) is 19.1 Å². The first-order valence-corrected chi connectivity index (χ1v) is 5.33. The highest BCUT2D eigenvalue weighted by Crippen LogP contribution is 2.12. The maximum absolute atomic E-state index is 12.9. The molecule has 0 saturated heterocycles. The van der Waals surface area contributed by atoms with Crippen LogP contribution >= 0.6 is 0 Å². The number of nitrogens with one attached hydrogen (secondary N) is 1. The summed E-state index contributed by atoms with van der Waals surface area (Å²) in [6.45, 7) is -0.392. The monoisotopic (exact) mass is 256 g/mol. The molecule has 0 bridgehead atoms. The number of carbonyl (C=O) groups is 2. The van der Waals surface area contributed by atoms with Crippen LogP contribution in [0.3, 0.4) is 0 Å². The van der Waals surface area contributed by atoms with Crippen LogP contribution in [0.2, 0.25) is 0 Å². The van der Waals surface area contributed by atoms with E-state index >= 15 is 0 Å². The number of halogens is 2. The number of hydrogen-bond donors (Lipinski definition) is 2. The Kier molecular flexibility index (Phi) is 4.49. The van der Waals surface area contributed by atoms with E-state index in [0.29, 0.717) is 0 Å². The number of hydrogen-bond acceptors (Lipinski definition) is 3. The van der Waals surface area contributed by atoms with Gasteiger partial charge in [-0.05, 0) is 13.0 Å². The topological polar surface area (TPSA) is 72.2 Å². The summed E-state index contributed by atoms with van der Waals surface area (Å²) in [5.41, 5.74) is 5.14. The van der Waals surface area contributed by atoms with Crippen molar-refractivity contribution >= 4 is 11.7 Å². The first kappa shape index (κ1) is 14.2. The van der Waals surface area contributed by atoms with E-state index in [4.69, 9.17) is 5.73 Å². The Labute approximate surface area is 103 Å². The van der Waals surface area contributed by atoms with E-state index in [0.717, 1.165) is 0 Å². The lowest BCUT2D eigenvalue weighted by Gasteiger charge is -2.15. The van der Waals surface area contributed by atoms with Crippen molar-refractivity contribution in [2.75, 3.05) is 13.1 Å². The van der Waals surface area contributed by atoms with Crippen LogP contribution in [0.4, 0.5) is 8.78 Å². The first-order chi connectivity index (χ1) is 8.37. The van der Waals surface area contributed by atoms with Gasteiger partial charge in [-0.2, -0.15) is 0 Å². The molecule has 0 radical (unpaired) electrons. The van der Waals surface area contributed by atoms with Gasteiger partial charge in [-0.1, -0.05) is 18.2 Å². The molecule has 0 heterocycles. The fourth-order valence-corrected chi connectivity index (χ4v) is 1.37. The third-order valence-corrected chi connectivity index (χ3v) is 2.36. The molecule has 1 aromatic carbocycles. The molecule has 0 aromatic heterocycles. The van der Waals surface area contributed by atoms with Gasteiger partial charge in [-0.3, -0.25) is 9.59 Å². The van der Waals surface area contributed by atoms with E-state index in [1.54, 1.807) is 12.1 Å². The average Bonchev–Trinajstić information content (AvgIpc) is 2.36. The summed E-state index contributed by atoms with van der Waals surface area (Å²) >= 11 is 0. The SMILES string of the molecule is CC(=O)c1ccccc1C(=O)NCC(F)(F)CN. The summed E-state index contributed by atoms with van der Waals surface area (Å²) in [7, 11) is 0. The molecule has 1 aromatic rings. The summed E-state index contributed by atoms with van der Waals surface area (Å²) < 4.78 is 25.8. The molecule has 0 saturated carbocycles. The summed E-state index contributed by atoms with van der Waals surface area (Å²) in [4.78, 5) is 23.0. The Morgan fingerprint density at radius 1 is 1.28 bits per heavy atom. The molecule has 1 amide bonds. The van der Waals surface area contributed by atoms with Gasteiger partial charge in [0.05, 0.1) is 18.7 Å². The predicted octanol–water partition coefficient (Wildman–Crippen LogP) is 1.21. The maximum atomic E-state index is 12.9. The van der Waals surface area contributed by atoms with Crippen molar-refractivity contribution in [2.45, 2.75) is 12.8 Å². The highest BCUT2D eigenvalue weighted by Gasteiger charge is 2.27. The number of alkyl halides is 2. The second-order valence-corrected chi connectivity index (χ2v) is 3.84. The zero-order valence-corrected chi connectivity index (χ0v) is 9.87. The minimum Gasteiger partial charge on any atom is -0.346 e. The van der Waals surface area contributed by atoms with Gasteiger partial charge in [0.2, 0.25) is 0 Å². The van der Waals surface area contributed by atoms with Gasteiger partial charge in [0.1, 0.15) is 0 Å². The molecule has 0 atom stereocenters. The van der Waals surface area contributed by atoms with Gasteiger partial charge in [-0.25, -0.2) is 8.78 Å². The van der Waals surface area contributed by atoms with Gasteiger partial charge in [0.15, 0.2) is 5.78 Å². The molecule has 0 aliphatic carbocycles. The third kappa shape index (κ3) is 3.59. The van der Waals surface area contributed by atoms with Crippen LogP contribution in [0.5, 0.6) is 0 Å². The minimum absolute atomic E-state index is 0.0813. The van der Waals surface area contributed by atoms with Crippen molar-refractivity contribution < 1.29 is 18.4 Å². The number of amides is 1. The average molecular weight is 256 g/mol. The van der Waals surface area contributed by atoms with E-state index < -0.39 is 24.9 Å². The largest absolute Gasteiger partial charge is 0.346 e. The van der Waals surface area contributed by atoms with E-state index in [9.17, 15) is 18.4 Å². The normalized spacial score (nSPS) is 11.1. The standard InChI is InChI=1S/C12H14F2N2O2/c1-8(17)9-4-2-3-5-10(9)11(18)16-7-12(13,14)6-15/h2-5H,6-7,15H2,1H3,(H,16,18). The first-order valence-electron chi connectivity index (χ1n) is 5.33. The lowest BCUT2D eigenvalue weighted by atomic mass is 10.0. The lowest BCUT2D eigenvalue weighted by molar-refractivity contribution is 0.0118. The fraction of sp³-hybridized carbons (Fsp3) is 0.333. The van der Waals surface area contributed by atoms with Crippen molar-refractivity contribution in [3.8, 4) is 0 Å². The highest BCUT2D eigenvalue weighted by atomic mass is 19.3. The van der Waals surface area contributed by atoms with Gasteiger partial charge in [0.25, 0.3) is 11.8 Å². The zero-order chi connectivity index (χ0) is 13.8. The van der Waals surface area contributed by atoms with Gasteiger partial charge >= 0.3 is 0 Å². The predicted molar refractivity (Wildman–Crippen MR) is 62.8 cm³/mol. The molecule has 0 aliphatic heterocycles. The molecule has 3 N–H and O–H groups in total. The van der Waals surface area contributed by atoms with E-state index in [1.807, 2.05) is 0 Å². The Morgan fingerprint density at radius 3 is 2.33 bits per heavy atom. The fourth-order valence-electron chi connectivity index (χ4n) is 1.37. The minimum atomic E-state index is -3.15. The molecular weight excluding hydrogens is 242 g/mol. The van der Waals surface area contributed by atoms with Crippen molar-refractivity contribution in [1.82, 2.24) is 5.32 Å². The summed E-state index contributed by atoms with van der Waals surface area (Å²) in [6.07, 6.45) is 0. The molecule has 0 spiro atoms. The van der Waals surface area contributed by atoms with Crippen LogP contribution < -0.4 is 11.1 Å². The van der Waals surface area contributed by atoms with Gasteiger partial charge in [-0.15, -0.1) is 0 Å². The Balaban J connectivity index is 2.82. The molecule has 18 heavy (non-hydrogen) atoms. The van der Waals surface area contributed by atoms with Gasteiger partial charge < -0.3 is 11.1 Å². The van der Waals surface area contributed by atoms with Crippen LogP contribution in [0.1, 0.15) is 27.6 Å². The van der Waals surface area contributed by atoms with Crippen LogP contribution in [-0.2, 0) is 0 Å². The number of ketones is 1. The summed E-state index contributed by atoms with van der Waals surface area (Å²) in [5.74, 6) is -4.17. The van der Waals surface area contributed by atoms with Crippen LogP contribution in [-0.4, -0.2) is 30.7 Å². The maximum Gasteiger partial charge on any atom is 0.277 e. The van der Waals surface area contributed by atoms with Crippen LogP contribution in [0.25, 0.3) is 0 Å². The smallest absolute Gasteiger partial charge is 0.277 e. The lowest BCUT2D eigenvalue weighted by Crippen LogP contribution is -2.41. The number of carbonyl (C=O) groups excluding carboxylic acids is 2. The Bertz CT molecular complexity index is 461. The number of Topliss-reactive ketones (excluding diaryl/α,β-unsaturated/α-hetero) is 1. The number of benzene rings is 1. The van der Waals surface area contributed by atoms with E-state index in [-0.39, 0.29) is 16.9 Å².